The molecule has 0 unspecified atom stereocenters. The number of nitrogens with zero attached hydrogens (tertiary/aromatic N) is 3. The molecule has 2 aromatic carbocycles. The van der Waals surface area contributed by atoms with Crippen molar-refractivity contribution in [2.45, 2.75) is 6.18 Å². The number of aromatic nitrogens is 3. The third kappa shape index (κ3) is 3.43. The second-order valence-corrected chi connectivity index (χ2v) is 4.95. The number of nitrogens with one attached hydrogen (secondary N) is 1. The topological polar surface area (TPSA) is 59.8 Å². The molecule has 8 heteroatoms. The molecule has 1 aromatic heterocycles. The van der Waals surface area contributed by atoms with Crippen molar-refractivity contribution in [3.63, 3.8) is 0 Å². The summed E-state index contributed by atoms with van der Waals surface area (Å²) in [4.78, 5) is 12.2. The fraction of sp³-hybridized carbons (Fsp3) is 0.0625. The molecule has 0 aliphatic heterocycles. The van der Waals surface area contributed by atoms with Crippen LogP contribution in [0, 0.1) is 0 Å². The number of hydrogen-bond acceptors (Lipinski definition) is 3. The van der Waals surface area contributed by atoms with Crippen molar-refractivity contribution in [3.8, 4) is 5.69 Å². The van der Waals surface area contributed by atoms with Crippen LogP contribution in [0.5, 0.6) is 0 Å². The molecule has 1 heterocycles. The van der Waals surface area contributed by atoms with E-state index in [1.54, 1.807) is 28.8 Å². The predicted molar refractivity (Wildman–Crippen MR) is 80.8 cm³/mol. The number of alkyl halides is 3. The lowest BCUT2D eigenvalue weighted by atomic mass is 10.1. The Hall–Kier alpha value is -3.16. The number of anilines is 1. The zero-order valence-corrected chi connectivity index (χ0v) is 12.2. The maximum atomic E-state index is 12.5. The van der Waals surface area contributed by atoms with Crippen LogP contribution in [0.1, 0.15) is 15.9 Å². The fourth-order valence-electron chi connectivity index (χ4n) is 2.09. The highest BCUT2D eigenvalue weighted by Gasteiger charge is 2.29. The van der Waals surface area contributed by atoms with Crippen molar-refractivity contribution >= 4 is 11.6 Å². The first-order valence-corrected chi connectivity index (χ1v) is 6.87. The maximum absolute atomic E-state index is 12.5. The van der Waals surface area contributed by atoms with E-state index >= 15 is 0 Å². The highest BCUT2D eigenvalue weighted by Crippen LogP contribution is 2.29. The molecule has 3 rings (SSSR count). The number of carbonyl (C=O) groups excluding carboxylic acids is 1. The van der Waals surface area contributed by atoms with Gasteiger partial charge in [-0.2, -0.15) is 13.2 Å². The number of hydrogen-bond donors (Lipinski definition) is 1. The van der Waals surface area contributed by atoms with E-state index in [2.05, 4.69) is 15.5 Å². The Morgan fingerprint density at radius 1 is 1.00 bits per heavy atom. The third-order valence-corrected chi connectivity index (χ3v) is 3.30. The molecule has 0 fully saturated rings. The van der Waals surface area contributed by atoms with Gasteiger partial charge in [0.1, 0.15) is 12.7 Å². The summed E-state index contributed by atoms with van der Waals surface area (Å²) in [6.45, 7) is 0. The lowest BCUT2D eigenvalue weighted by Gasteiger charge is -2.09. The summed E-state index contributed by atoms with van der Waals surface area (Å²) >= 11 is 0. The average Bonchev–Trinajstić information content (AvgIpc) is 3.09. The molecule has 1 amide bonds. The summed E-state index contributed by atoms with van der Waals surface area (Å²) in [5, 5.41) is 9.94. The van der Waals surface area contributed by atoms with Gasteiger partial charge in [0.15, 0.2) is 0 Å². The first kappa shape index (κ1) is 15.7. The highest BCUT2D eigenvalue weighted by molar-refractivity contribution is 6.04. The second-order valence-electron chi connectivity index (χ2n) is 4.95. The minimum atomic E-state index is -4.41. The summed E-state index contributed by atoms with van der Waals surface area (Å²) in [6.07, 6.45) is -1.42. The van der Waals surface area contributed by atoms with Gasteiger partial charge in [0.05, 0.1) is 5.56 Å². The Bertz CT molecular complexity index is 843. The van der Waals surface area contributed by atoms with E-state index in [0.717, 1.165) is 12.1 Å². The van der Waals surface area contributed by atoms with Gasteiger partial charge in [0, 0.05) is 16.9 Å². The van der Waals surface area contributed by atoms with E-state index in [1.807, 2.05) is 0 Å². The quantitative estimate of drug-likeness (QED) is 0.798. The normalized spacial score (nSPS) is 11.3. The molecule has 0 saturated heterocycles. The van der Waals surface area contributed by atoms with E-state index in [0.29, 0.717) is 11.3 Å². The smallest absolute Gasteiger partial charge is 0.322 e. The standard InChI is InChI=1S/C16H11F3N4O/c17-16(18,19)12-4-6-13(7-5-12)22-15(24)11-2-1-3-14(8-11)23-9-20-21-10-23/h1-10H,(H,22,24). The molecule has 1 N–H and O–H groups in total. The largest absolute Gasteiger partial charge is 0.416 e. The van der Waals surface area contributed by atoms with E-state index < -0.39 is 17.6 Å². The molecule has 0 radical (unpaired) electrons. The Kier molecular flexibility index (Phi) is 4.03. The summed E-state index contributed by atoms with van der Waals surface area (Å²) in [6, 6.07) is 11.0. The van der Waals surface area contributed by atoms with Crippen molar-refractivity contribution in [2.24, 2.45) is 0 Å². The van der Waals surface area contributed by atoms with E-state index in [4.69, 9.17) is 0 Å². The van der Waals surface area contributed by atoms with Crippen LogP contribution in [-0.2, 0) is 6.18 Å². The van der Waals surface area contributed by atoms with Crippen LogP contribution in [0.2, 0.25) is 0 Å². The fourth-order valence-corrected chi connectivity index (χ4v) is 2.09. The number of carbonyl (C=O) groups is 1. The third-order valence-electron chi connectivity index (χ3n) is 3.30. The monoisotopic (exact) mass is 332 g/mol. The van der Waals surface area contributed by atoms with Gasteiger partial charge in [-0.15, -0.1) is 10.2 Å². The van der Waals surface area contributed by atoms with Gasteiger partial charge in [0.2, 0.25) is 0 Å². The van der Waals surface area contributed by atoms with Gasteiger partial charge in [-0.3, -0.25) is 9.36 Å². The molecular formula is C16H11F3N4O. The van der Waals surface area contributed by atoms with Crippen LogP contribution in [0.3, 0.4) is 0 Å². The molecule has 5 nitrogen and oxygen atoms in total. The molecule has 122 valence electrons. The Morgan fingerprint density at radius 3 is 2.29 bits per heavy atom. The van der Waals surface area contributed by atoms with Crippen LogP contribution in [0.4, 0.5) is 18.9 Å². The first-order valence-electron chi connectivity index (χ1n) is 6.87. The molecule has 3 aromatic rings. The van der Waals surface area contributed by atoms with Crippen molar-refractivity contribution < 1.29 is 18.0 Å². The molecule has 0 aliphatic rings. The lowest BCUT2D eigenvalue weighted by Crippen LogP contribution is -2.12. The zero-order valence-electron chi connectivity index (χ0n) is 12.2. The van der Waals surface area contributed by atoms with Crippen LogP contribution >= 0.6 is 0 Å². The van der Waals surface area contributed by atoms with Crippen molar-refractivity contribution in [1.82, 2.24) is 14.8 Å². The number of rotatable bonds is 3. The average molecular weight is 332 g/mol. The number of halogens is 3. The van der Waals surface area contributed by atoms with Gasteiger partial charge in [-0.25, -0.2) is 0 Å². The van der Waals surface area contributed by atoms with E-state index in [-0.39, 0.29) is 5.69 Å². The van der Waals surface area contributed by atoms with Crippen LogP contribution < -0.4 is 5.32 Å². The molecule has 0 bridgehead atoms. The summed E-state index contributed by atoms with van der Waals surface area (Å²) in [7, 11) is 0. The zero-order chi connectivity index (χ0) is 17.2. The van der Waals surface area contributed by atoms with Crippen molar-refractivity contribution in [3.05, 3.63) is 72.3 Å². The van der Waals surface area contributed by atoms with Crippen molar-refractivity contribution in [1.29, 1.82) is 0 Å². The van der Waals surface area contributed by atoms with Crippen LogP contribution in [0.25, 0.3) is 5.69 Å². The van der Waals surface area contributed by atoms with Crippen LogP contribution in [-0.4, -0.2) is 20.7 Å². The van der Waals surface area contributed by atoms with Gasteiger partial charge >= 0.3 is 6.18 Å². The minimum absolute atomic E-state index is 0.280. The van der Waals surface area contributed by atoms with Gasteiger partial charge in [0.25, 0.3) is 5.91 Å². The molecule has 0 saturated carbocycles. The van der Waals surface area contributed by atoms with Gasteiger partial charge in [-0.1, -0.05) is 6.07 Å². The first-order chi connectivity index (χ1) is 11.4. The van der Waals surface area contributed by atoms with E-state index in [1.165, 1.54) is 24.8 Å². The predicted octanol–water partition coefficient (Wildman–Crippen LogP) is 3.54. The van der Waals surface area contributed by atoms with E-state index in [9.17, 15) is 18.0 Å². The maximum Gasteiger partial charge on any atom is 0.416 e. The molecule has 0 spiro atoms. The van der Waals surface area contributed by atoms with Crippen LogP contribution in [0.15, 0.2) is 61.2 Å². The summed E-state index contributed by atoms with van der Waals surface area (Å²) in [5.41, 5.74) is 0.568. The number of amides is 1. The minimum Gasteiger partial charge on any atom is -0.322 e. The van der Waals surface area contributed by atoms with Gasteiger partial charge in [-0.05, 0) is 42.5 Å². The lowest BCUT2D eigenvalue weighted by molar-refractivity contribution is -0.137. The molecule has 0 atom stereocenters. The number of benzene rings is 2. The SMILES string of the molecule is O=C(Nc1ccc(C(F)(F)F)cc1)c1cccc(-n2cnnc2)c1. The second kappa shape index (κ2) is 6.15. The Morgan fingerprint density at radius 2 is 1.67 bits per heavy atom. The highest BCUT2D eigenvalue weighted by atomic mass is 19.4. The molecular weight excluding hydrogens is 321 g/mol. The molecule has 24 heavy (non-hydrogen) atoms. The summed E-state index contributed by atoms with van der Waals surface area (Å²) in [5.74, 6) is -0.426. The van der Waals surface area contributed by atoms with Gasteiger partial charge < -0.3 is 5.32 Å². The summed E-state index contributed by atoms with van der Waals surface area (Å²) < 4.78 is 39.2. The van der Waals surface area contributed by atoms with Crippen molar-refractivity contribution in [2.75, 3.05) is 5.32 Å². The molecule has 0 aliphatic carbocycles. The Labute approximate surface area is 134 Å². The Balaban J connectivity index is 1.77.